The molecule has 0 aliphatic carbocycles. The van der Waals surface area contributed by atoms with Gasteiger partial charge in [0.1, 0.15) is 17.2 Å². The van der Waals surface area contributed by atoms with Gasteiger partial charge in [-0.05, 0) is 30.7 Å². The maximum atomic E-state index is 6.02. The van der Waals surface area contributed by atoms with Crippen LogP contribution in [0, 0.1) is 6.92 Å². The molecule has 0 fully saturated rings. The second-order valence-corrected chi connectivity index (χ2v) is 4.47. The maximum Gasteiger partial charge on any atom is 0.167 e. The third-order valence-corrected chi connectivity index (χ3v) is 3.25. The molecule has 0 aliphatic heterocycles. The van der Waals surface area contributed by atoms with E-state index in [0.717, 1.165) is 22.4 Å². The number of hydrogen-bond donors (Lipinski definition) is 0. The molecule has 0 aliphatic rings. The van der Waals surface area contributed by atoms with Gasteiger partial charge in [0, 0.05) is 0 Å². The largest absolute Gasteiger partial charge is 0.497 e. The van der Waals surface area contributed by atoms with Gasteiger partial charge >= 0.3 is 0 Å². The summed E-state index contributed by atoms with van der Waals surface area (Å²) in [5.74, 6) is 0.811. The summed E-state index contributed by atoms with van der Waals surface area (Å²) in [6.07, 6.45) is 3.10. The summed E-state index contributed by atoms with van der Waals surface area (Å²) in [7, 11) is 1.64. The minimum Gasteiger partial charge on any atom is -0.497 e. The minimum absolute atomic E-state index is 0.405. The van der Waals surface area contributed by atoms with Gasteiger partial charge in [-0.1, -0.05) is 11.6 Å². The summed E-state index contributed by atoms with van der Waals surface area (Å²) >= 11 is 6.02. The molecule has 3 rings (SSSR count). The van der Waals surface area contributed by atoms with E-state index < -0.39 is 0 Å². The van der Waals surface area contributed by atoms with E-state index in [1.165, 1.54) is 6.33 Å². The molecule has 0 unspecified atom stereocenters. The third kappa shape index (κ3) is 1.92. The van der Waals surface area contributed by atoms with Gasteiger partial charge in [0.25, 0.3) is 0 Å². The first-order valence-corrected chi connectivity index (χ1v) is 6.08. The lowest BCUT2D eigenvalue weighted by molar-refractivity contribution is 0.414. The van der Waals surface area contributed by atoms with Gasteiger partial charge in [-0.2, -0.15) is 5.10 Å². The highest BCUT2D eigenvalue weighted by molar-refractivity contribution is 6.33. The van der Waals surface area contributed by atoms with Gasteiger partial charge in [-0.15, -0.1) is 0 Å². The predicted octanol–water partition coefficient (Wildman–Crippen LogP) is 2.79. The van der Waals surface area contributed by atoms with Crippen molar-refractivity contribution >= 4 is 22.6 Å². The van der Waals surface area contributed by atoms with E-state index in [0.29, 0.717) is 10.8 Å². The van der Waals surface area contributed by atoms with E-state index in [1.54, 1.807) is 18.0 Å². The van der Waals surface area contributed by atoms with Crippen LogP contribution in [-0.2, 0) is 0 Å². The molecule has 96 valence electrons. The zero-order valence-electron chi connectivity index (χ0n) is 10.5. The van der Waals surface area contributed by atoms with Crippen LogP contribution >= 0.6 is 11.6 Å². The summed E-state index contributed by atoms with van der Waals surface area (Å²) in [4.78, 5) is 8.18. The number of aryl methyl sites for hydroxylation is 1. The van der Waals surface area contributed by atoms with E-state index in [1.807, 2.05) is 25.1 Å². The summed E-state index contributed by atoms with van der Waals surface area (Å²) in [5.41, 5.74) is 2.66. The fourth-order valence-corrected chi connectivity index (χ4v) is 2.16. The lowest BCUT2D eigenvalue weighted by atomic mass is 10.2. The number of rotatable bonds is 2. The Bertz CT molecular complexity index is 753. The number of benzene rings is 1. The number of hydrogen-bond acceptors (Lipinski definition) is 4. The molecule has 2 heterocycles. The Morgan fingerprint density at radius 3 is 2.84 bits per heavy atom. The highest BCUT2D eigenvalue weighted by Crippen LogP contribution is 2.25. The van der Waals surface area contributed by atoms with Gasteiger partial charge in [-0.3, -0.25) is 0 Å². The Kier molecular flexibility index (Phi) is 2.83. The quantitative estimate of drug-likeness (QED) is 0.674. The predicted molar refractivity (Wildman–Crippen MR) is 73.0 cm³/mol. The van der Waals surface area contributed by atoms with Crippen LogP contribution in [0.25, 0.3) is 16.7 Å². The topological polar surface area (TPSA) is 52.8 Å². The lowest BCUT2D eigenvalue weighted by Crippen LogP contribution is -2.00. The Morgan fingerprint density at radius 1 is 1.26 bits per heavy atom. The molecule has 0 saturated heterocycles. The van der Waals surface area contributed by atoms with Gasteiger partial charge < -0.3 is 4.74 Å². The number of halogens is 1. The van der Waals surface area contributed by atoms with Crippen LogP contribution in [0.5, 0.6) is 5.75 Å². The van der Waals surface area contributed by atoms with Crippen LogP contribution in [0.3, 0.4) is 0 Å². The number of fused-ring (bicyclic) bond motifs is 1. The average molecular weight is 275 g/mol. The molecule has 0 N–H and O–H groups in total. The number of methoxy groups -OCH3 is 1. The maximum absolute atomic E-state index is 6.02. The Labute approximate surface area is 114 Å². The Balaban J connectivity index is 2.22. The van der Waals surface area contributed by atoms with Gasteiger partial charge in [0.05, 0.1) is 24.4 Å². The highest BCUT2D eigenvalue weighted by atomic mass is 35.5. The van der Waals surface area contributed by atoms with Crippen LogP contribution in [-0.4, -0.2) is 26.9 Å². The fraction of sp³-hybridized carbons (Fsp3) is 0.154. The first kappa shape index (κ1) is 11.9. The number of ether oxygens (including phenoxy) is 1. The third-order valence-electron chi connectivity index (χ3n) is 2.95. The number of nitrogens with zero attached hydrogens (tertiary/aromatic N) is 4. The Hall–Kier alpha value is -2.14. The van der Waals surface area contributed by atoms with Gasteiger partial charge in [0.15, 0.2) is 5.65 Å². The van der Waals surface area contributed by atoms with Gasteiger partial charge in [0.2, 0.25) is 0 Å². The van der Waals surface area contributed by atoms with Crippen LogP contribution in [0.1, 0.15) is 5.56 Å². The second kappa shape index (κ2) is 4.51. The smallest absolute Gasteiger partial charge is 0.167 e. The van der Waals surface area contributed by atoms with Crippen molar-refractivity contribution in [2.45, 2.75) is 6.92 Å². The molecule has 1 aromatic carbocycles. The zero-order chi connectivity index (χ0) is 13.4. The summed E-state index contributed by atoms with van der Waals surface area (Å²) < 4.78 is 6.95. The van der Waals surface area contributed by atoms with E-state index in [2.05, 4.69) is 15.1 Å². The van der Waals surface area contributed by atoms with Crippen molar-refractivity contribution in [2.24, 2.45) is 0 Å². The summed E-state index contributed by atoms with van der Waals surface area (Å²) in [6.45, 7) is 1.99. The van der Waals surface area contributed by atoms with Crippen molar-refractivity contribution in [2.75, 3.05) is 7.11 Å². The second-order valence-electron chi connectivity index (χ2n) is 4.11. The molecule has 0 spiro atoms. The van der Waals surface area contributed by atoms with Crippen molar-refractivity contribution in [1.82, 2.24) is 19.7 Å². The molecule has 3 aromatic rings. The van der Waals surface area contributed by atoms with Crippen molar-refractivity contribution < 1.29 is 4.74 Å². The number of aromatic nitrogens is 4. The molecule has 0 saturated carbocycles. The van der Waals surface area contributed by atoms with Crippen molar-refractivity contribution in [1.29, 1.82) is 0 Å². The van der Waals surface area contributed by atoms with Crippen molar-refractivity contribution in [3.63, 3.8) is 0 Å². The normalized spacial score (nSPS) is 10.9. The molecule has 0 bridgehead atoms. The zero-order valence-corrected chi connectivity index (χ0v) is 11.2. The fourth-order valence-electron chi connectivity index (χ4n) is 1.98. The standard InChI is InChI=1S/C13H11ClN4O/c1-8-5-9(19-2)3-4-11(8)18-13-10(6-17-18)12(14)15-7-16-13/h3-7H,1-2H3. The molecular weight excluding hydrogens is 264 g/mol. The summed E-state index contributed by atoms with van der Waals surface area (Å²) in [5, 5.41) is 5.47. The van der Waals surface area contributed by atoms with E-state index >= 15 is 0 Å². The highest BCUT2D eigenvalue weighted by Gasteiger charge is 2.11. The molecule has 0 radical (unpaired) electrons. The first-order valence-electron chi connectivity index (χ1n) is 5.70. The average Bonchev–Trinajstić information content (AvgIpc) is 2.84. The van der Waals surface area contributed by atoms with Crippen molar-refractivity contribution in [3.8, 4) is 11.4 Å². The molecule has 2 aromatic heterocycles. The molecule has 5 nitrogen and oxygen atoms in total. The molecule has 0 atom stereocenters. The van der Waals surface area contributed by atoms with Crippen LogP contribution in [0.4, 0.5) is 0 Å². The SMILES string of the molecule is COc1ccc(-n2ncc3c(Cl)ncnc32)c(C)c1. The molecular formula is C13H11ClN4O. The van der Waals surface area contributed by atoms with E-state index in [-0.39, 0.29) is 0 Å². The van der Waals surface area contributed by atoms with E-state index in [4.69, 9.17) is 16.3 Å². The first-order chi connectivity index (χ1) is 9.20. The van der Waals surface area contributed by atoms with Gasteiger partial charge in [-0.25, -0.2) is 14.6 Å². The van der Waals surface area contributed by atoms with E-state index in [9.17, 15) is 0 Å². The molecule has 0 amide bonds. The van der Waals surface area contributed by atoms with Crippen molar-refractivity contribution in [3.05, 3.63) is 41.4 Å². The Morgan fingerprint density at radius 2 is 2.11 bits per heavy atom. The van der Waals surface area contributed by atoms with Crippen LogP contribution in [0.2, 0.25) is 5.15 Å². The molecule has 19 heavy (non-hydrogen) atoms. The monoisotopic (exact) mass is 274 g/mol. The summed E-state index contributed by atoms with van der Waals surface area (Å²) in [6, 6.07) is 5.78. The minimum atomic E-state index is 0.405. The molecule has 6 heteroatoms. The van der Waals surface area contributed by atoms with Crippen LogP contribution < -0.4 is 4.74 Å². The van der Waals surface area contributed by atoms with Crippen LogP contribution in [0.15, 0.2) is 30.7 Å². The lowest BCUT2D eigenvalue weighted by Gasteiger charge is -2.08.